The molecule has 1 N–H and O–H groups in total. The zero-order chi connectivity index (χ0) is 15.9. The molecule has 1 aromatic rings. The maximum atomic E-state index is 12.8. The van der Waals surface area contributed by atoms with Crippen molar-refractivity contribution < 1.29 is 9.53 Å². The molecule has 22 heavy (non-hydrogen) atoms. The van der Waals surface area contributed by atoms with Crippen molar-refractivity contribution in [1.29, 1.82) is 0 Å². The van der Waals surface area contributed by atoms with Gasteiger partial charge in [0.2, 0.25) is 0 Å². The Morgan fingerprint density at radius 2 is 2.09 bits per heavy atom. The van der Waals surface area contributed by atoms with Crippen LogP contribution >= 0.6 is 0 Å². The molecule has 1 atom stereocenters. The third kappa shape index (κ3) is 4.55. The highest BCUT2D eigenvalue weighted by Gasteiger charge is 2.22. The fourth-order valence-electron chi connectivity index (χ4n) is 2.80. The lowest BCUT2D eigenvalue weighted by Crippen LogP contribution is -2.45. The Balaban J connectivity index is 2.07. The van der Waals surface area contributed by atoms with Gasteiger partial charge in [-0.25, -0.2) is 0 Å². The number of rotatable bonds is 7. The Hall–Kier alpha value is -1.39. The molecule has 0 saturated carbocycles. The highest BCUT2D eigenvalue weighted by Crippen LogP contribution is 2.24. The van der Waals surface area contributed by atoms with Gasteiger partial charge >= 0.3 is 0 Å². The monoisotopic (exact) mass is 304 g/mol. The molecule has 4 heteroatoms. The van der Waals surface area contributed by atoms with Crippen LogP contribution in [0.15, 0.2) is 18.2 Å². The molecule has 1 saturated heterocycles. The molecule has 1 aliphatic rings. The van der Waals surface area contributed by atoms with Crippen LogP contribution in [0.5, 0.6) is 5.75 Å². The van der Waals surface area contributed by atoms with Gasteiger partial charge in [-0.2, -0.15) is 0 Å². The van der Waals surface area contributed by atoms with Gasteiger partial charge in [0.05, 0.1) is 12.2 Å². The number of nitrogens with zero attached hydrogens (tertiary/aromatic N) is 1. The molecule has 0 bridgehead atoms. The Bertz CT molecular complexity index is 496. The zero-order valence-corrected chi connectivity index (χ0v) is 14.0. The Labute approximate surface area is 133 Å². The van der Waals surface area contributed by atoms with Gasteiger partial charge in [-0.15, -0.1) is 0 Å². The second kappa shape index (κ2) is 8.30. The maximum Gasteiger partial charge on any atom is 0.170 e. The van der Waals surface area contributed by atoms with E-state index >= 15 is 0 Å². The van der Waals surface area contributed by atoms with Crippen LogP contribution in [0.1, 0.15) is 36.2 Å². The van der Waals surface area contributed by atoms with E-state index in [0.717, 1.165) is 56.0 Å². The van der Waals surface area contributed by atoms with Gasteiger partial charge in [0.25, 0.3) is 0 Å². The van der Waals surface area contributed by atoms with Crippen molar-refractivity contribution >= 4 is 5.78 Å². The highest BCUT2D eigenvalue weighted by atomic mass is 16.5. The number of ether oxygens (including phenoxy) is 1. The molecule has 0 radical (unpaired) electrons. The van der Waals surface area contributed by atoms with Crippen LogP contribution in [0.25, 0.3) is 0 Å². The Kier molecular flexibility index (Phi) is 6.40. The zero-order valence-electron chi connectivity index (χ0n) is 14.0. The minimum Gasteiger partial charge on any atom is -0.493 e. The molecule has 1 aliphatic heterocycles. The van der Waals surface area contributed by atoms with E-state index in [9.17, 15) is 4.79 Å². The van der Waals surface area contributed by atoms with E-state index in [-0.39, 0.29) is 11.7 Å². The molecule has 0 aromatic heterocycles. The molecule has 1 unspecified atom stereocenters. The smallest absolute Gasteiger partial charge is 0.170 e. The van der Waals surface area contributed by atoms with Crippen molar-refractivity contribution in [2.24, 2.45) is 5.92 Å². The van der Waals surface area contributed by atoms with E-state index in [2.05, 4.69) is 17.1 Å². The number of benzene rings is 1. The highest BCUT2D eigenvalue weighted by molar-refractivity contribution is 6.00. The summed E-state index contributed by atoms with van der Waals surface area (Å²) in [7, 11) is 0. The lowest BCUT2D eigenvalue weighted by Gasteiger charge is -2.29. The predicted octanol–water partition coefficient (Wildman–Crippen LogP) is 2.51. The molecule has 2 rings (SSSR count). The second-order valence-electron chi connectivity index (χ2n) is 6.16. The number of ketones is 1. The van der Waals surface area contributed by atoms with E-state index in [1.165, 1.54) is 0 Å². The first kappa shape index (κ1) is 17.0. The summed E-state index contributed by atoms with van der Waals surface area (Å²) >= 11 is 0. The van der Waals surface area contributed by atoms with Gasteiger partial charge in [-0.1, -0.05) is 25.5 Å². The third-order valence-corrected chi connectivity index (χ3v) is 4.05. The number of hydrogen-bond acceptors (Lipinski definition) is 4. The SMILES string of the molecule is CCCOc1ccc(C)cc1C(=O)C(C)CN1CCNCC1. The lowest BCUT2D eigenvalue weighted by molar-refractivity contribution is 0.0883. The van der Waals surface area contributed by atoms with Gasteiger partial charge in [0.15, 0.2) is 5.78 Å². The lowest BCUT2D eigenvalue weighted by atomic mass is 9.96. The van der Waals surface area contributed by atoms with Crippen LogP contribution < -0.4 is 10.1 Å². The van der Waals surface area contributed by atoms with Crippen LogP contribution in [0, 0.1) is 12.8 Å². The summed E-state index contributed by atoms with van der Waals surface area (Å²) in [4.78, 5) is 15.2. The van der Waals surface area contributed by atoms with Crippen molar-refractivity contribution in [3.8, 4) is 5.75 Å². The fourth-order valence-corrected chi connectivity index (χ4v) is 2.80. The maximum absolute atomic E-state index is 12.8. The summed E-state index contributed by atoms with van der Waals surface area (Å²) in [5, 5.41) is 3.34. The number of nitrogens with one attached hydrogen (secondary N) is 1. The van der Waals surface area contributed by atoms with Gasteiger partial charge < -0.3 is 15.0 Å². The molecule has 1 aromatic carbocycles. The first-order chi connectivity index (χ1) is 10.6. The van der Waals surface area contributed by atoms with Gasteiger partial charge in [-0.3, -0.25) is 4.79 Å². The summed E-state index contributed by atoms with van der Waals surface area (Å²) in [6.45, 7) is 11.6. The van der Waals surface area contributed by atoms with Crippen molar-refractivity contribution in [3.05, 3.63) is 29.3 Å². The molecular weight excluding hydrogens is 276 g/mol. The molecule has 0 aliphatic carbocycles. The van der Waals surface area contributed by atoms with Gasteiger partial charge in [0, 0.05) is 38.6 Å². The number of hydrogen-bond donors (Lipinski definition) is 1. The molecule has 122 valence electrons. The standard InChI is InChI=1S/C18H28N2O2/c1-4-11-22-17-6-5-14(2)12-16(17)18(21)15(3)13-20-9-7-19-8-10-20/h5-6,12,15,19H,4,7-11,13H2,1-3H3. The number of Topliss-reactive ketones (excluding diaryl/α,β-unsaturated/α-hetero) is 1. The average molecular weight is 304 g/mol. The Morgan fingerprint density at radius 1 is 1.36 bits per heavy atom. The number of piperazine rings is 1. The van der Waals surface area contributed by atoms with Crippen molar-refractivity contribution in [3.63, 3.8) is 0 Å². The summed E-state index contributed by atoms with van der Waals surface area (Å²) in [6, 6.07) is 5.89. The molecule has 1 fully saturated rings. The van der Waals surface area contributed by atoms with Crippen LogP contribution in [-0.4, -0.2) is 50.0 Å². The van der Waals surface area contributed by atoms with E-state index in [1.807, 2.05) is 32.0 Å². The average Bonchev–Trinajstić information content (AvgIpc) is 2.54. The van der Waals surface area contributed by atoms with Crippen molar-refractivity contribution in [2.45, 2.75) is 27.2 Å². The fraction of sp³-hybridized carbons (Fsp3) is 0.611. The first-order valence-corrected chi connectivity index (χ1v) is 8.32. The molecule has 0 amide bonds. The first-order valence-electron chi connectivity index (χ1n) is 8.32. The minimum atomic E-state index is -0.0103. The van der Waals surface area contributed by atoms with Crippen molar-refractivity contribution in [2.75, 3.05) is 39.3 Å². The Morgan fingerprint density at radius 3 is 2.77 bits per heavy atom. The van der Waals surface area contributed by atoms with Gasteiger partial charge in [-0.05, 0) is 25.5 Å². The third-order valence-electron chi connectivity index (χ3n) is 4.05. The quantitative estimate of drug-likeness (QED) is 0.786. The number of carbonyl (C=O) groups excluding carboxylic acids is 1. The second-order valence-corrected chi connectivity index (χ2v) is 6.16. The van der Waals surface area contributed by atoms with Crippen LogP contribution in [0.2, 0.25) is 0 Å². The topological polar surface area (TPSA) is 41.6 Å². The van der Waals surface area contributed by atoms with E-state index in [4.69, 9.17) is 4.74 Å². The largest absolute Gasteiger partial charge is 0.493 e. The normalized spacial score (nSPS) is 17.2. The summed E-state index contributed by atoms with van der Waals surface area (Å²) in [5.41, 5.74) is 1.83. The van der Waals surface area contributed by atoms with E-state index in [0.29, 0.717) is 6.61 Å². The summed E-state index contributed by atoms with van der Waals surface area (Å²) in [5.74, 6) is 0.904. The van der Waals surface area contributed by atoms with E-state index in [1.54, 1.807) is 0 Å². The number of carbonyl (C=O) groups is 1. The van der Waals surface area contributed by atoms with Gasteiger partial charge in [0.1, 0.15) is 5.75 Å². The van der Waals surface area contributed by atoms with Crippen LogP contribution in [-0.2, 0) is 0 Å². The summed E-state index contributed by atoms with van der Waals surface area (Å²) in [6.07, 6.45) is 0.942. The predicted molar refractivity (Wildman–Crippen MR) is 89.8 cm³/mol. The molecule has 1 heterocycles. The minimum absolute atomic E-state index is 0.0103. The van der Waals surface area contributed by atoms with Crippen molar-refractivity contribution in [1.82, 2.24) is 10.2 Å². The number of aryl methyl sites for hydroxylation is 1. The van der Waals surface area contributed by atoms with E-state index < -0.39 is 0 Å². The van der Waals surface area contributed by atoms with Crippen LogP contribution in [0.4, 0.5) is 0 Å². The molecular formula is C18H28N2O2. The summed E-state index contributed by atoms with van der Waals surface area (Å²) < 4.78 is 5.76. The molecule has 4 nitrogen and oxygen atoms in total. The van der Waals surface area contributed by atoms with Crippen LogP contribution in [0.3, 0.4) is 0 Å². The molecule has 0 spiro atoms.